The number of aryl methyl sites for hydroxylation is 1. The van der Waals surface area contributed by atoms with Crippen LogP contribution in [-0.4, -0.2) is 84.6 Å². The fourth-order valence-corrected chi connectivity index (χ4v) is 8.86. The van der Waals surface area contributed by atoms with Gasteiger partial charge in [0.1, 0.15) is 28.7 Å². The highest BCUT2D eigenvalue weighted by Crippen LogP contribution is 2.48. The number of phenols is 1. The molecule has 252 valence electrons. The molecule has 8 nitrogen and oxygen atoms in total. The van der Waals surface area contributed by atoms with Crippen LogP contribution in [0, 0.1) is 34.7 Å². The summed E-state index contributed by atoms with van der Waals surface area (Å²) >= 11 is 0. The van der Waals surface area contributed by atoms with Gasteiger partial charge in [-0.05, 0) is 78.3 Å². The predicted molar refractivity (Wildman–Crippen MR) is 177 cm³/mol. The molecule has 5 aliphatic rings. The van der Waals surface area contributed by atoms with Gasteiger partial charge in [0.15, 0.2) is 5.82 Å². The zero-order valence-corrected chi connectivity index (χ0v) is 27.1. The van der Waals surface area contributed by atoms with Crippen molar-refractivity contribution in [3.05, 3.63) is 53.3 Å². The number of aromatic nitrogens is 2. The second-order valence-electron chi connectivity index (χ2n) is 14.8. The molecule has 0 spiro atoms. The molecule has 0 amide bonds. The molecule has 4 saturated heterocycles. The lowest BCUT2D eigenvalue weighted by Crippen LogP contribution is -2.51. The minimum atomic E-state index is -0.887. The molecular formula is C37H40F3N5O3. The minimum Gasteiger partial charge on any atom is -0.508 e. The van der Waals surface area contributed by atoms with Crippen molar-refractivity contribution >= 4 is 27.5 Å². The van der Waals surface area contributed by atoms with E-state index in [0.717, 1.165) is 58.5 Å². The number of phenolic OH excluding ortho intramolecular Hbond substituents is 1. The molecule has 0 radical (unpaired) electrons. The SMILES string of the molecule is CCc1c(F)ccc2cc(O)cc(-c3c(F)cc4c(N5CC6CCC(C5)N6)nc(OCC5(CN6CC7COCC7C6)CC5)nc4c3F)c12. The topological polar surface area (TPSA) is 83.0 Å². The molecule has 2 N–H and O–H groups in total. The van der Waals surface area contributed by atoms with Gasteiger partial charge < -0.3 is 29.7 Å². The molecule has 1 saturated carbocycles. The maximum absolute atomic E-state index is 17.0. The number of aromatic hydroxyl groups is 1. The highest BCUT2D eigenvalue weighted by molar-refractivity contribution is 6.03. The molecule has 11 heteroatoms. The Morgan fingerprint density at radius 2 is 1.73 bits per heavy atom. The standard InChI is InChI=1S/C37H40F3N5O3/c1-2-26-29(38)6-3-20-9-25(46)10-27(31(20)26)32-30(39)11-28-34(33(32)40)42-36(43-35(28)45-14-23-4-5-24(15-45)41-23)48-19-37(7-8-37)18-44-12-21-16-47-17-22(21)13-44/h3,6,9-11,21-24,41,46H,2,4-5,7-8,12-19H2,1H3. The number of nitrogens with one attached hydrogen (secondary N) is 1. The Morgan fingerprint density at radius 3 is 2.44 bits per heavy atom. The lowest BCUT2D eigenvalue weighted by Gasteiger charge is -2.34. The molecule has 1 aliphatic carbocycles. The van der Waals surface area contributed by atoms with Crippen LogP contribution < -0.4 is 15.0 Å². The number of hydrogen-bond acceptors (Lipinski definition) is 8. The van der Waals surface area contributed by atoms with Crippen LogP contribution in [0.25, 0.3) is 32.8 Å². The van der Waals surface area contributed by atoms with Crippen LogP contribution in [-0.2, 0) is 11.2 Å². The molecule has 4 unspecified atom stereocenters. The van der Waals surface area contributed by atoms with Crippen LogP contribution in [0.1, 0.15) is 38.2 Å². The van der Waals surface area contributed by atoms with Gasteiger partial charge in [-0.1, -0.05) is 13.0 Å². The van der Waals surface area contributed by atoms with E-state index in [9.17, 15) is 5.11 Å². The van der Waals surface area contributed by atoms with Gasteiger partial charge >= 0.3 is 6.01 Å². The van der Waals surface area contributed by atoms with E-state index >= 15 is 13.2 Å². The average Bonchev–Trinajstić information content (AvgIpc) is 3.31. The number of anilines is 1. The Hall–Kier alpha value is -3.67. The third-order valence-corrected chi connectivity index (χ3v) is 11.5. The Bertz CT molecular complexity index is 1910. The zero-order valence-electron chi connectivity index (χ0n) is 27.1. The van der Waals surface area contributed by atoms with Gasteiger partial charge in [0, 0.05) is 67.4 Å². The number of likely N-dealkylation sites (tertiary alicyclic amines) is 1. The number of hydrogen-bond donors (Lipinski definition) is 2. The summed E-state index contributed by atoms with van der Waals surface area (Å²) in [6.07, 6.45) is 4.47. The molecule has 3 aromatic carbocycles. The molecule has 1 aromatic heterocycles. The van der Waals surface area contributed by atoms with Gasteiger partial charge in [0.2, 0.25) is 0 Å². The van der Waals surface area contributed by atoms with Gasteiger partial charge in [-0.3, -0.25) is 0 Å². The van der Waals surface area contributed by atoms with E-state index in [1.54, 1.807) is 6.92 Å². The lowest BCUT2D eigenvalue weighted by atomic mass is 9.91. The summed E-state index contributed by atoms with van der Waals surface area (Å²) in [6.45, 7) is 8.24. The summed E-state index contributed by atoms with van der Waals surface area (Å²) in [4.78, 5) is 14.1. The van der Waals surface area contributed by atoms with Crippen molar-refractivity contribution in [1.82, 2.24) is 20.2 Å². The maximum atomic E-state index is 17.0. The molecule has 5 fully saturated rings. The first-order valence-electron chi connectivity index (χ1n) is 17.4. The van der Waals surface area contributed by atoms with Crippen molar-refractivity contribution in [3.8, 4) is 22.9 Å². The fraction of sp³-hybridized carbons (Fsp3) is 0.514. The number of fused-ring (bicyclic) bond motifs is 5. The van der Waals surface area contributed by atoms with E-state index in [4.69, 9.17) is 14.5 Å². The molecule has 2 bridgehead atoms. The number of benzene rings is 3. The van der Waals surface area contributed by atoms with E-state index in [1.165, 1.54) is 30.3 Å². The second kappa shape index (κ2) is 11.5. The lowest BCUT2D eigenvalue weighted by molar-refractivity contribution is 0.131. The maximum Gasteiger partial charge on any atom is 0.319 e. The van der Waals surface area contributed by atoms with Gasteiger partial charge in [-0.25, -0.2) is 13.2 Å². The van der Waals surface area contributed by atoms with Gasteiger partial charge in [-0.15, -0.1) is 0 Å². The van der Waals surface area contributed by atoms with E-state index in [2.05, 4.69) is 20.1 Å². The van der Waals surface area contributed by atoms with Crippen molar-refractivity contribution in [2.45, 2.75) is 51.1 Å². The van der Waals surface area contributed by atoms with E-state index in [-0.39, 0.29) is 51.3 Å². The zero-order chi connectivity index (χ0) is 32.7. The van der Waals surface area contributed by atoms with Crippen molar-refractivity contribution in [2.75, 3.05) is 57.4 Å². The number of rotatable bonds is 8. The van der Waals surface area contributed by atoms with Crippen molar-refractivity contribution < 1.29 is 27.8 Å². The van der Waals surface area contributed by atoms with Crippen LogP contribution >= 0.6 is 0 Å². The number of ether oxygens (including phenoxy) is 2. The molecule has 9 rings (SSSR count). The van der Waals surface area contributed by atoms with Crippen molar-refractivity contribution in [3.63, 3.8) is 0 Å². The second-order valence-corrected chi connectivity index (χ2v) is 14.8. The first kappa shape index (κ1) is 30.4. The smallest absolute Gasteiger partial charge is 0.319 e. The van der Waals surface area contributed by atoms with Gasteiger partial charge in [0.25, 0.3) is 0 Å². The summed E-state index contributed by atoms with van der Waals surface area (Å²) in [6, 6.07) is 7.52. The highest BCUT2D eigenvalue weighted by Gasteiger charge is 2.48. The number of nitrogens with zero attached hydrogens (tertiary/aromatic N) is 4. The largest absolute Gasteiger partial charge is 0.508 e. The summed E-state index contributed by atoms with van der Waals surface area (Å²) in [5.74, 6) is -0.684. The average molecular weight is 660 g/mol. The van der Waals surface area contributed by atoms with Crippen LogP contribution in [0.2, 0.25) is 0 Å². The molecule has 48 heavy (non-hydrogen) atoms. The Labute approximate surface area is 277 Å². The van der Waals surface area contributed by atoms with Crippen LogP contribution in [0.5, 0.6) is 11.8 Å². The first-order chi connectivity index (χ1) is 23.3. The Balaban J connectivity index is 1.12. The molecular weight excluding hydrogens is 619 g/mol. The Kier molecular flexibility index (Phi) is 7.25. The van der Waals surface area contributed by atoms with E-state index in [0.29, 0.717) is 60.1 Å². The normalized spacial score (nSPS) is 26.1. The fourth-order valence-electron chi connectivity index (χ4n) is 8.86. The quantitative estimate of drug-likeness (QED) is 0.245. The van der Waals surface area contributed by atoms with Crippen LogP contribution in [0.3, 0.4) is 0 Å². The summed E-state index contributed by atoms with van der Waals surface area (Å²) in [5, 5.41) is 15.3. The van der Waals surface area contributed by atoms with E-state index < -0.39 is 17.5 Å². The summed E-state index contributed by atoms with van der Waals surface area (Å²) in [5.41, 5.74) is -0.00477. The van der Waals surface area contributed by atoms with Gasteiger partial charge in [-0.2, -0.15) is 9.97 Å². The van der Waals surface area contributed by atoms with E-state index in [1.807, 2.05) is 0 Å². The monoisotopic (exact) mass is 659 g/mol. The van der Waals surface area contributed by atoms with Gasteiger partial charge in [0.05, 0.1) is 25.4 Å². The summed E-state index contributed by atoms with van der Waals surface area (Å²) < 4.78 is 60.3. The minimum absolute atomic E-state index is 0.000262. The van der Waals surface area contributed by atoms with Crippen molar-refractivity contribution in [2.24, 2.45) is 17.3 Å². The molecule has 5 heterocycles. The van der Waals surface area contributed by atoms with Crippen LogP contribution in [0.15, 0.2) is 30.3 Å². The first-order valence-corrected chi connectivity index (χ1v) is 17.4. The molecule has 4 atom stereocenters. The van der Waals surface area contributed by atoms with Crippen LogP contribution in [0.4, 0.5) is 19.0 Å². The molecule has 4 aromatic rings. The third kappa shape index (κ3) is 5.16. The third-order valence-electron chi connectivity index (χ3n) is 11.5. The predicted octanol–water partition coefficient (Wildman–Crippen LogP) is 5.81. The number of piperazine rings is 1. The van der Waals surface area contributed by atoms with Crippen molar-refractivity contribution in [1.29, 1.82) is 0 Å². The Morgan fingerprint density at radius 1 is 0.979 bits per heavy atom. The summed E-state index contributed by atoms with van der Waals surface area (Å²) in [7, 11) is 0. The number of halogens is 3. The highest BCUT2D eigenvalue weighted by atomic mass is 19.1. The molecule has 4 aliphatic heterocycles.